The number of alkyl halides is 3. The van der Waals surface area contributed by atoms with Crippen molar-refractivity contribution < 1.29 is 17.9 Å². The molecule has 1 N–H and O–H groups in total. The van der Waals surface area contributed by atoms with E-state index in [1.54, 1.807) is 24.3 Å². The third-order valence-electron chi connectivity index (χ3n) is 3.56. The van der Waals surface area contributed by atoms with Crippen molar-refractivity contribution in [1.82, 2.24) is 5.32 Å². The molecule has 1 aliphatic rings. The molecule has 0 spiro atoms. The summed E-state index contributed by atoms with van der Waals surface area (Å²) in [5, 5.41) is 3.80. The van der Waals surface area contributed by atoms with Crippen LogP contribution in [0.4, 0.5) is 13.2 Å². The number of benzene rings is 2. The SMILES string of the molecule is FC(F)(F)c1ccc2c(c1)C(c1ccc(Cl)cc1)NCCO2. The first-order chi connectivity index (χ1) is 10.4. The van der Waals surface area contributed by atoms with E-state index in [9.17, 15) is 13.2 Å². The van der Waals surface area contributed by atoms with Crippen molar-refractivity contribution in [3.05, 3.63) is 64.2 Å². The van der Waals surface area contributed by atoms with Gasteiger partial charge in [0.1, 0.15) is 12.4 Å². The Balaban J connectivity index is 2.08. The van der Waals surface area contributed by atoms with Crippen molar-refractivity contribution in [3.63, 3.8) is 0 Å². The van der Waals surface area contributed by atoms with Crippen LogP contribution in [0.5, 0.6) is 5.75 Å². The summed E-state index contributed by atoms with van der Waals surface area (Å²) in [4.78, 5) is 0. The van der Waals surface area contributed by atoms with Gasteiger partial charge in [-0.2, -0.15) is 13.2 Å². The number of halogens is 4. The molecular weight excluding hydrogens is 315 g/mol. The molecule has 2 aromatic carbocycles. The van der Waals surface area contributed by atoms with E-state index in [4.69, 9.17) is 16.3 Å². The zero-order valence-electron chi connectivity index (χ0n) is 11.5. The molecule has 0 radical (unpaired) electrons. The molecule has 22 heavy (non-hydrogen) atoms. The lowest BCUT2D eigenvalue weighted by atomic mass is 9.96. The van der Waals surface area contributed by atoms with Crippen LogP contribution in [-0.2, 0) is 6.18 Å². The molecule has 3 rings (SSSR count). The normalized spacial score (nSPS) is 18.3. The van der Waals surface area contributed by atoms with Crippen LogP contribution < -0.4 is 10.1 Å². The van der Waals surface area contributed by atoms with Crippen LogP contribution in [0.3, 0.4) is 0 Å². The smallest absolute Gasteiger partial charge is 0.416 e. The lowest BCUT2D eigenvalue weighted by molar-refractivity contribution is -0.137. The van der Waals surface area contributed by atoms with Crippen molar-refractivity contribution in [2.45, 2.75) is 12.2 Å². The van der Waals surface area contributed by atoms with E-state index < -0.39 is 11.7 Å². The van der Waals surface area contributed by atoms with Gasteiger partial charge in [0.2, 0.25) is 0 Å². The van der Waals surface area contributed by atoms with Gasteiger partial charge in [-0.05, 0) is 35.9 Å². The summed E-state index contributed by atoms with van der Waals surface area (Å²) < 4.78 is 44.4. The maximum absolute atomic E-state index is 13.0. The van der Waals surface area contributed by atoms with Gasteiger partial charge in [0, 0.05) is 17.1 Å². The molecule has 1 aliphatic heterocycles. The predicted octanol–water partition coefficient (Wildman–Crippen LogP) is 4.43. The molecule has 0 amide bonds. The molecule has 0 aliphatic carbocycles. The van der Waals surface area contributed by atoms with Gasteiger partial charge in [-0.1, -0.05) is 23.7 Å². The van der Waals surface area contributed by atoms with Crippen LogP contribution >= 0.6 is 11.6 Å². The minimum atomic E-state index is -4.38. The molecule has 0 saturated heterocycles. The molecule has 6 heteroatoms. The number of fused-ring (bicyclic) bond motifs is 1. The van der Waals surface area contributed by atoms with Crippen molar-refractivity contribution in [3.8, 4) is 5.75 Å². The van der Waals surface area contributed by atoms with Gasteiger partial charge in [0.25, 0.3) is 0 Å². The molecule has 0 aromatic heterocycles. The Labute approximate surface area is 130 Å². The number of hydrogen-bond acceptors (Lipinski definition) is 2. The molecule has 1 unspecified atom stereocenters. The minimum Gasteiger partial charge on any atom is -0.492 e. The van der Waals surface area contributed by atoms with Crippen LogP contribution in [-0.4, -0.2) is 13.2 Å². The summed E-state index contributed by atoms with van der Waals surface area (Å²) >= 11 is 5.87. The van der Waals surface area contributed by atoms with Crippen molar-refractivity contribution in [1.29, 1.82) is 0 Å². The average Bonchev–Trinajstić information content (AvgIpc) is 2.69. The molecule has 0 bridgehead atoms. The Morgan fingerprint density at radius 1 is 1.09 bits per heavy atom. The molecule has 116 valence electrons. The topological polar surface area (TPSA) is 21.3 Å². The molecule has 0 saturated carbocycles. The Kier molecular flexibility index (Phi) is 4.02. The van der Waals surface area contributed by atoms with Crippen molar-refractivity contribution in [2.75, 3.05) is 13.2 Å². The maximum Gasteiger partial charge on any atom is 0.416 e. The maximum atomic E-state index is 13.0. The van der Waals surface area contributed by atoms with Gasteiger partial charge in [-0.3, -0.25) is 0 Å². The molecular formula is C16H13ClF3NO. The van der Waals surface area contributed by atoms with Gasteiger partial charge in [0.15, 0.2) is 0 Å². The van der Waals surface area contributed by atoms with Gasteiger partial charge in [-0.25, -0.2) is 0 Å². The molecule has 2 nitrogen and oxygen atoms in total. The molecule has 1 heterocycles. The second-order valence-electron chi connectivity index (χ2n) is 5.04. The predicted molar refractivity (Wildman–Crippen MR) is 78.2 cm³/mol. The van der Waals surface area contributed by atoms with E-state index in [0.717, 1.165) is 17.7 Å². The Hall–Kier alpha value is -1.72. The number of ether oxygens (including phenoxy) is 1. The summed E-state index contributed by atoms with van der Waals surface area (Å²) in [6.07, 6.45) is -4.38. The monoisotopic (exact) mass is 327 g/mol. The first-order valence-corrected chi connectivity index (χ1v) is 7.16. The van der Waals surface area contributed by atoms with Crippen LogP contribution in [0.15, 0.2) is 42.5 Å². The summed E-state index contributed by atoms with van der Waals surface area (Å²) in [6, 6.07) is 10.3. The summed E-state index contributed by atoms with van der Waals surface area (Å²) in [6.45, 7) is 0.950. The van der Waals surface area contributed by atoms with Gasteiger partial charge < -0.3 is 10.1 Å². The zero-order chi connectivity index (χ0) is 15.7. The van der Waals surface area contributed by atoms with Crippen molar-refractivity contribution >= 4 is 11.6 Å². The summed E-state index contributed by atoms with van der Waals surface area (Å²) in [5.41, 5.74) is 0.641. The molecule has 0 fully saturated rings. The van der Waals surface area contributed by atoms with E-state index in [-0.39, 0.29) is 6.04 Å². The van der Waals surface area contributed by atoms with E-state index in [1.807, 2.05) is 0 Å². The van der Waals surface area contributed by atoms with Crippen molar-refractivity contribution in [2.24, 2.45) is 0 Å². The number of rotatable bonds is 1. The highest BCUT2D eigenvalue weighted by Gasteiger charge is 2.32. The average molecular weight is 328 g/mol. The first kappa shape index (κ1) is 15.2. The fourth-order valence-electron chi connectivity index (χ4n) is 2.51. The number of hydrogen-bond donors (Lipinski definition) is 1. The van der Waals surface area contributed by atoms with Gasteiger partial charge in [0.05, 0.1) is 11.6 Å². The third kappa shape index (κ3) is 3.05. The highest BCUT2D eigenvalue weighted by atomic mass is 35.5. The number of nitrogens with one attached hydrogen (secondary N) is 1. The largest absolute Gasteiger partial charge is 0.492 e. The first-order valence-electron chi connectivity index (χ1n) is 6.78. The second-order valence-corrected chi connectivity index (χ2v) is 5.47. The van der Waals surface area contributed by atoms with E-state index in [2.05, 4.69) is 5.32 Å². The fraction of sp³-hybridized carbons (Fsp3) is 0.250. The minimum absolute atomic E-state index is 0.364. The third-order valence-corrected chi connectivity index (χ3v) is 3.81. The Bertz CT molecular complexity index is 670. The van der Waals surface area contributed by atoms with E-state index in [0.29, 0.717) is 29.5 Å². The van der Waals surface area contributed by atoms with Gasteiger partial charge >= 0.3 is 6.18 Å². The van der Waals surface area contributed by atoms with Crippen LogP contribution in [0, 0.1) is 0 Å². The summed E-state index contributed by atoms with van der Waals surface area (Å²) in [7, 11) is 0. The van der Waals surface area contributed by atoms with Crippen LogP contribution in [0.25, 0.3) is 0 Å². The van der Waals surface area contributed by atoms with Crippen LogP contribution in [0.1, 0.15) is 22.7 Å². The zero-order valence-corrected chi connectivity index (χ0v) is 12.2. The van der Waals surface area contributed by atoms with E-state index in [1.165, 1.54) is 6.07 Å². The van der Waals surface area contributed by atoms with Crippen LogP contribution in [0.2, 0.25) is 5.02 Å². The van der Waals surface area contributed by atoms with E-state index >= 15 is 0 Å². The summed E-state index contributed by atoms with van der Waals surface area (Å²) in [5.74, 6) is 0.470. The molecule has 1 atom stereocenters. The second kappa shape index (κ2) is 5.82. The standard InChI is InChI=1S/C16H13ClF3NO/c17-12-4-1-10(2-5-12)15-13-9-11(16(18,19)20)3-6-14(13)22-8-7-21-15/h1-6,9,15,21H,7-8H2. The quantitative estimate of drug-likeness (QED) is 0.836. The van der Waals surface area contributed by atoms with Gasteiger partial charge in [-0.15, -0.1) is 0 Å². The molecule has 2 aromatic rings. The lowest BCUT2D eigenvalue weighted by Crippen LogP contribution is -2.24. The Morgan fingerprint density at radius 2 is 1.82 bits per heavy atom. The Morgan fingerprint density at radius 3 is 2.50 bits per heavy atom. The highest BCUT2D eigenvalue weighted by molar-refractivity contribution is 6.30. The highest BCUT2D eigenvalue weighted by Crippen LogP contribution is 2.37. The lowest BCUT2D eigenvalue weighted by Gasteiger charge is -2.19. The fourth-order valence-corrected chi connectivity index (χ4v) is 2.63.